The molecule has 4 rings (SSSR count). The molecule has 2 N–H and O–H groups in total. The predicted molar refractivity (Wildman–Crippen MR) is 123 cm³/mol. The Morgan fingerprint density at radius 3 is 2.48 bits per heavy atom. The molecule has 3 aromatic carbocycles. The minimum atomic E-state index is -0.926. The van der Waals surface area contributed by atoms with Crippen LogP contribution in [0.5, 0.6) is 0 Å². The molecular formula is C26H24ClNO3. The van der Waals surface area contributed by atoms with Crippen LogP contribution in [-0.2, 0) is 12.8 Å². The number of halogens is 1. The van der Waals surface area contributed by atoms with E-state index in [1.807, 2.05) is 54.6 Å². The van der Waals surface area contributed by atoms with E-state index in [2.05, 4.69) is 19.2 Å². The fourth-order valence-corrected chi connectivity index (χ4v) is 4.61. The lowest BCUT2D eigenvalue weighted by Gasteiger charge is -2.41. The van der Waals surface area contributed by atoms with Gasteiger partial charge in [0.15, 0.2) is 5.78 Å². The number of hydrogen-bond donors (Lipinski definition) is 2. The molecule has 1 heterocycles. The zero-order valence-electron chi connectivity index (χ0n) is 17.5. The number of carboxylic acids is 1. The number of carboxylic acid groups (broad SMARTS) is 1. The van der Waals surface area contributed by atoms with E-state index in [-0.39, 0.29) is 23.7 Å². The first-order valence-corrected chi connectivity index (χ1v) is 10.6. The van der Waals surface area contributed by atoms with Gasteiger partial charge in [-0.1, -0.05) is 61.8 Å². The second-order valence-electron chi connectivity index (χ2n) is 8.78. The Kier molecular flexibility index (Phi) is 5.59. The van der Waals surface area contributed by atoms with E-state index in [1.54, 1.807) is 12.1 Å². The lowest BCUT2D eigenvalue weighted by Crippen LogP contribution is -2.35. The minimum Gasteiger partial charge on any atom is -0.478 e. The maximum absolute atomic E-state index is 12.7. The van der Waals surface area contributed by atoms with Gasteiger partial charge in [0.25, 0.3) is 0 Å². The number of hydrogen-bond acceptors (Lipinski definition) is 3. The number of aromatic carboxylic acids is 1. The van der Waals surface area contributed by atoms with Gasteiger partial charge in [0.2, 0.25) is 0 Å². The summed E-state index contributed by atoms with van der Waals surface area (Å²) in [6, 6.07) is 20.2. The largest absolute Gasteiger partial charge is 0.478 e. The lowest BCUT2D eigenvalue weighted by atomic mass is 9.72. The van der Waals surface area contributed by atoms with Crippen LogP contribution in [0.15, 0.2) is 66.7 Å². The van der Waals surface area contributed by atoms with Crippen molar-refractivity contribution in [2.45, 2.75) is 32.7 Å². The van der Waals surface area contributed by atoms with E-state index in [9.17, 15) is 14.7 Å². The van der Waals surface area contributed by atoms with Gasteiger partial charge in [-0.05, 0) is 58.9 Å². The molecule has 0 bridgehead atoms. The van der Waals surface area contributed by atoms with Crippen LogP contribution in [0, 0.1) is 5.41 Å². The number of carbonyl (C=O) groups excluding carboxylic acids is 1. The highest BCUT2D eigenvalue weighted by Gasteiger charge is 2.36. The molecular weight excluding hydrogens is 410 g/mol. The molecule has 0 saturated heterocycles. The monoisotopic (exact) mass is 433 g/mol. The van der Waals surface area contributed by atoms with Gasteiger partial charge in [0.1, 0.15) is 0 Å². The average Bonchev–Trinajstić information content (AvgIpc) is 2.72. The Morgan fingerprint density at radius 1 is 1.03 bits per heavy atom. The Hall–Kier alpha value is -3.11. The number of nitrogens with one attached hydrogen (secondary N) is 1. The fourth-order valence-electron chi connectivity index (χ4n) is 4.35. The van der Waals surface area contributed by atoms with E-state index in [4.69, 9.17) is 11.6 Å². The maximum Gasteiger partial charge on any atom is 0.335 e. The Bertz CT molecular complexity index is 1150. The van der Waals surface area contributed by atoms with Crippen molar-refractivity contribution in [3.05, 3.63) is 99.6 Å². The first-order chi connectivity index (χ1) is 14.7. The van der Waals surface area contributed by atoms with Crippen molar-refractivity contribution in [1.82, 2.24) is 0 Å². The van der Waals surface area contributed by atoms with Gasteiger partial charge in [-0.25, -0.2) is 4.79 Å². The van der Waals surface area contributed by atoms with Gasteiger partial charge < -0.3 is 10.4 Å². The molecule has 0 fully saturated rings. The van der Waals surface area contributed by atoms with Crippen molar-refractivity contribution in [2.75, 3.05) is 5.32 Å². The van der Waals surface area contributed by atoms with Crippen LogP contribution in [0.4, 0.5) is 5.69 Å². The predicted octanol–water partition coefficient (Wildman–Crippen LogP) is 6.20. The summed E-state index contributed by atoms with van der Waals surface area (Å²) < 4.78 is 0. The van der Waals surface area contributed by atoms with E-state index in [0.29, 0.717) is 16.1 Å². The maximum atomic E-state index is 12.7. The standard InChI is InChI=1S/C26H24ClNO3/c1-26(2)15-20-13-18(25(30)31)8-9-22(20)28-24(26)19-10-16(11-21(27)14-19)12-23(29)17-6-4-3-5-7-17/h3-11,13-14,24,28H,12,15H2,1-2H3,(H,30,31). The molecule has 3 aromatic rings. The molecule has 1 aliphatic rings. The van der Waals surface area contributed by atoms with Crippen LogP contribution in [0.1, 0.15) is 57.3 Å². The third-order valence-electron chi connectivity index (χ3n) is 5.85. The van der Waals surface area contributed by atoms with Crippen molar-refractivity contribution in [3.8, 4) is 0 Å². The summed E-state index contributed by atoms with van der Waals surface area (Å²) in [7, 11) is 0. The summed E-state index contributed by atoms with van der Waals surface area (Å²) in [5, 5.41) is 13.5. The molecule has 1 unspecified atom stereocenters. The first-order valence-electron chi connectivity index (χ1n) is 10.2. The molecule has 158 valence electrons. The van der Waals surface area contributed by atoms with Crippen LogP contribution >= 0.6 is 11.6 Å². The molecule has 0 radical (unpaired) electrons. The van der Waals surface area contributed by atoms with Gasteiger partial charge >= 0.3 is 5.97 Å². The number of carbonyl (C=O) groups is 2. The Labute approximate surface area is 186 Å². The van der Waals surface area contributed by atoms with Gasteiger partial charge in [0.05, 0.1) is 11.6 Å². The third kappa shape index (κ3) is 4.49. The SMILES string of the molecule is CC1(C)Cc2cc(C(=O)O)ccc2NC1c1cc(Cl)cc(CC(=O)c2ccccc2)c1. The van der Waals surface area contributed by atoms with Crippen LogP contribution in [-0.4, -0.2) is 16.9 Å². The van der Waals surface area contributed by atoms with Crippen molar-refractivity contribution >= 4 is 29.0 Å². The van der Waals surface area contributed by atoms with Crippen LogP contribution in [0.2, 0.25) is 5.02 Å². The van der Waals surface area contributed by atoms with Crippen molar-refractivity contribution in [1.29, 1.82) is 0 Å². The highest BCUT2D eigenvalue weighted by atomic mass is 35.5. The zero-order chi connectivity index (χ0) is 22.2. The Balaban J connectivity index is 1.64. The molecule has 0 aromatic heterocycles. The third-order valence-corrected chi connectivity index (χ3v) is 6.07. The summed E-state index contributed by atoms with van der Waals surface area (Å²) in [4.78, 5) is 24.0. The quantitative estimate of drug-likeness (QED) is 0.470. The summed E-state index contributed by atoms with van der Waals surface area (Å²) in [5.41, 5.74) is 4.60. The highest BCUT2D eigenvalue weighted by molar-refractivity contribution is 6.30. The molecule has 1 aliphatic heterocycles. The van der Waals surface area contributed by atoms with Crippen molar-refractivity contribution < 1.29 is 14.7 Å². The van der Waals surface area contributed by atoms with Gasteiger partial charge in [-0.3, -0.25) is 4.79 Å². The van der Waals surface area contributed by atoms with Gasteiger partial charge in [-0.2, -0.15) is 0 Å². The normalized spacial score (nSPS) is 16.8. The van der Waals surface area contributed by atoms with Crippen LogP contribution < -0.4 is 5.32 Å². The zero-order valence-corrected chi connectivity index (χ0v) is 18.2. The average molecular weight is 434 g/mol. The van der Waals surface area contributed by atoms with Crippen LogP contribution in [0.3, 0.4) is 0 Å². The number of Topliss-reactive ketones (excluding diaryl/α,β-unsaturated/α-hetero) is 1. The van der Waals surface area contributed by atoms with E-state index < -0.39 is 5.97 Å². The smallest absolute Gasteiger partial charge is 0.335 e. The van der Waals surface area contributed by atoms with Crippen molar-refractivity contribution in [3.63, 3.8) is 0 Å². The number of rotatable bonds is 5. The van der Waals surface area contributed by atoms with Gasteiger partial charge in [-0.15, -0.1) is 0 Å². The summed E-state index contributed by atoms with van der Waals surface area (Å²) in [6.45, 7) is 4.30. The molecule has 5 heteroatoms. The Morgan fingerprint density at radius 2 is 1.77 bits per heavy atom. The number of fused-ring (bicyclic) bond motifs is 1. The molecule has 0 aliphatic carbocycles. The van der Waals surface area contributed by atoms with E-state index in [1.165, 1.54) is 0 Å². The van der Waals surface area contributed by atoms with Crippen molar-refractivity contribution in [2.24, 2.45) is 5.41 Å². The van der Waals surface area contributed by atoms with E-state index in [0.717, 1.165) is 28.8 Å². The number of anilines is 1. The summed E-state index contributed by atoms with van der Waals surface area (Å²) >= 11 is 6.44. The van der Waals surface area contributed by atoms with Crippen LogP contribution in [0.25, 0.3) is 0 Å². The molecule has 4 nitrogen and oxygen atoms in total. The molecule has 0 spiro atoms. The first kappa shape index (κ1) is 21.1. The van der Waals surface area contributed by atoms with E-state index >= 15 is 0 Å². The second kappa shape index (κ2) is 8.20. The second-order valence-corrected chi connectivity index (χ2v) is 9.22. The van der Waals surface area contributed by atoms with Gasteiger partial charge in [0, 0.05) is 22.7 Å². The summed E-state index contributed by atoms with van der Waals surface area (Å²) in [5.74, 6) is -0.874. The molecule has 0 amide bonds. The molecule has 31 heavy (non-hydrogen) atoms. The topological polar surface area (TPSA) is 66.4 Å². The lowest BCUT2D eigenvalue weighted by molar-refractivity contribution is 0.0696. The number of ketones is 1. The highest BCUT2D eigenvalue weighted by Crippen LogP contribution is 2.45. The summed E-state index contributed by atoms with van der Waals surface area (Å²) in [6.07, 6.45) is 1.01. The number of benzene rings is 3. The fraction of sp³-hybridized carbons (Fsp3) is 0.231. The minimum absolute atomic E-state index is 0.0278. The molecule has 1 atom stereocenters. The molecule has 0 saturated carbocycles.